The van der Waals surface area contributed by atoms with Gasteiger partial charge in [0.2, 0.25) is 10.0 Å². The second kappa shape index (κ2) is 9.68. The third kappa shape index (κ3) is 4.66. The van der Waals surface area contributed by atoms with E-state index in [1.165, 1.54) is 45.6 Å². The van der Waals surface area contributed by atoms with Crippen LogP contribution in [0.3, 0.4) is 0 Å². The van der Waals surface area contributed by atoms with Gasteiger partial charge >= 0.3 is 0 Å². The second-order valence-corrected chi connectivity index (χ2v) is 10.5. The molecule has 0 saturated carbocycles. The van der Waals surface area contributed by atoms with E-state index in [2.05, 4.69) is 0 Å². The van der Waals surface area contributed by atoms with Crippen molar-refractivity contribution in [1.82, 2.24) is 9.21 Å². The maximum absolute atomic E-state index is 13.2. The molecule has 1 fully saturated rings. The average Bonchev–Trinajstić information content (AvgIpc) is 3.18. The van der Waals surface area contributed by atoms with Gasteiger partial charge in [-0.2, -0.15) is 4.31 Å². The molecule has 0 unspecified atom stereocenters. The summed E-state index contributed by atoms with van der Waals surface area (Å²) in [5, 5.41) is 9.32. The third-order valence-corrected chi connectivity index (χ3v) is 8.23. The van der Waals surface area contributed by atoms with Gasteiger partial charge in [0.1, 0.15) is 11.5 Å². The summed E-state index contributed by atoms with van der Waals surface area (Å²) < 4.78 is 33.1. The van der Waals surface area contributed by atoms with Crippen molar-refractivity contribution in [3.63, 3.8) is 0 Å². The summed E-state index contributed by atoms with van der Waals surface area (Å²) in [5.74, 6) is -0.639. The Bertz CT molecular complexity index is 1430. The Morgan fingerprint density at radius 3 is 1.95 bits per heavy atom. The fourth-order valence-electron chi connectivity index (χ4n) is 4.30. The number of anilines is 1. The van der Waals surface area contributed by atoms with Gasteiger partial charge in [0.25, 0.3) is 17.7 Å². The Labute approximate surface area is 213 Å². The summed E-state index contributed by atoms with van der Waals surface area (Å²) in [7, 11) is -3.84. The molecule has 3 aromatic rings. The van der Waals surface area contributed by atoms with Crippen LogP contribution in [0, 0.1) is 0 Å². The number of phenolic OH excluding ortho intramolecular Hbond substituents is 1. The van der Waals surface area contributed by atoms with E-state index >= 15 is 0 Å². The zero-order valence-corrected chi connectivity index (χ0v) is 20.4. The molecule has 2 heterocycles. The van der Waals surface area contributed by atoms with E-state index in [1.807, 2.05) is 0 Å². The van der Waals surface area contributed by atoms with Crippen molar-refractivity contribution >= 4 is 33.4 Å². The second-order valence-electron chi connectivity index (χ2n) is 8.55. The molecule has 11 heteroatoms. The lowest BCUT2D eigenvalue weighted by Gasteiger charge is -2.34. The first-order valence-electron chi connectivity index (χ1n) is 11.5. The molecular weight excluding hydrogens is 498 g/mol. The Kier molecular flexibility index (Phi) is 6.40. The van der Waals surface area contributed by atoms with Crippen LogP contribution in [0.25, 0.3) is 0 Å². The molecule has 5 rings (SSSR count). The maximum Gasteiger partial charge on any atom is 0.266 e. The normalized spacial score (nSPS) is 16.1. The number of sulfonamides is 1. The van der Waals surface area contributed by atoms with Crippen LogP contribution in [0.1, 0.15) is 20.7 Å². The molecule has 37 heavy (non-hydrogen) atoms. The first kappa shape index (κ1) is 24.5. The number of piperazine rings is 1. The van der Waals surface area contributed by atoms with Crippen LogP contribution in [0.15, 0.2) is 77.7 Å². The summed E-state index contributed by atoms with van der Waals surface area (Å²) in [4.78, 5) is 40.5. The maximum atomic E-state index is 13.2. The molecule has 2 aliphatic heterocycles. The molecule has 0 atom stereocenters. The Hall–Kier alpha value is -4.22. The molecule has 3 amide bonds. The van der Waals surface area contributed by atoms with Gasteiger partial charge in [0.15, 0.2) is 6.61 Å². The largest absolute Gasteiger partial charge is 0.508 e. The van der Waals surface area contributed by atoms with Gasteiger partial charge in [0, 0.05) is 26.2 Å². The number of hydrogen-bond donors (Lipinski definition) is 1. The van der Waals surface area contributed by atoms with E-state index in [0.29, 0.717) is 16.9 Å². The van der Waals surface area contributed by atoms with Crippen molar-refractivity contribution < 1.29 is 32.6 Å². The van der Waals surface area contributed by atoms with Gasteiger partial charge in [-0.05, 0) is 60.7 Å². The summed E-state index contributed by atoms with van der Waals surface area (Å²) >= 11 is 0. The van der Waals surface area contributed by atoms with Crippen molar-refractivity contribution in [3.8, 4) is 11.5 Å². The van der Waals surface area contributed by atoms with E-state index < -0.39 is 21.8 Å². The standard InChI is InChI=1S/C26H23N3O7S/c30-19-7-9-20(10-8-19)36-17-24(31)27-13-15-28(16-14-27)37(34,35)21-11-5-18(6-12-21)29-25(32)22-3-1-2-4-23(22)26(29)33/h1-12,30H,13-17H2. The topological polar surface area (TPSA) is 125 Å². The van der Waals surface area contributed by atoms with Gasteiger partial charge < -0.3 is 14.7 Å². The fourth-order valence-corrected chi connectivity index (χ4v) is 5.72. The molecular formula is C26H23N3O7S. The molecule has 1 N–H and O–H groups in total. The van der Waals surface area contributed by atoms with Gasteiger partial charge in [-0.25, -0.2) is 13.3 Å². The Morgan fingerprint density at radius 1 is 0.811 bits per heavy atom. The minimum Gasteiger partial charge on any atom is -0.508 e. The molecule has 1 saturated heterocycles. The average molecular weight is 522 g/mol. The summed E-state index contributed by atoms with van der Waals surface area (Å²) in [5.41, 5.74) is 0.907. The number of phenols is 1. The van der Waals surface area contributed by atoms with Crippen molar-refractivity contribution in [2.45, 2.75) is 4.90 Å². The highest BCUT2D eigenvalue weighted by atomic mass is 32.2. The van der Waals surface area contributed by atoms with Crippen LogP contribution in [-0.4, -0.2) is 73.2 Å². The number of fused-ring (bicyclic) bond motifs is 1. The molecule has 0 bridgehead atoms. The lowest BCUT2D eigenvalue weighted by molar-refractivity contribution is -0.134. The SMILES string of the molecule is O=C(COc1ccc(O)cc1)N1CCN(S(=O)(=O)c2ccc(N3C(=O)c4ccccc4C3=O)cc2)CC1. The predicted octanol–water partition coefficient (Wildman–Crippen LogP) is 2.10. The quantitative estimate of drug-likeness (QED) is 0.493. The molecule has 0 aromatic heterocycles. The number of carbonyl (C=O) groups is 3. The molecule has 0 aliphatic carbocycles. The number of imide groups is 1. The van der Waals surface area contributed by atoms with Crippen LogP contribution in [0.4, 0.5) is 5.69 Å². The van der Waals surface area contributed by atoms with Gasteiger partial charge in [-0.15, -0.1) is 0 Å². The predicted molar refractivity (Wildman–Crippen MR) is 133 cm³/mol. The van der Waals surface area contributed by atoms with Gasteiger partial charge in [0.05, 0.1) is 21.7 Å². The summed E-state index contributed by atoms with van der Waals surface area (Å²) in [6.07, 6.45) is 0. The molecule has 0 spiro atoms. The van der Waals surface area contributed by atoms with Crippen LogP contribution >= 0.6 is 0 Å². The van der Waals surface area contributed by atoms with E-state index in [0.717, 1.165) is 4.90 Å². The molecule has 0 radical (unpaired) electrons. The highest BCUT2D eigenvalue weighted by Gasteiger charge is 2.37. The molecule has 2 aliphatic rings. The van der Waals surface area contributed by atoms with Gasteiger partial charge in [-0.1, -0.05) is 12.1 Å². The minimum absolute atomic E-state index is 0.0308. The summed E-state index contributed by atoms with van der Waals surface area (Å²) in [6, 6.07) is 18.2. The number of ether oxygens (including phenoxy) is 1. The number of nitrogens with zero attached hydrogens (tertiary/aromatic N) is 3. The summed E-state index contributed by atoms with van der Waals surface area (Å²) in [6.45, 7) is 0.464. The molecule has 3 aromatic carbocycles. The van der Waals surface area contributed by atoms with E-state index in [-0.39, 0.29) is 55.0 Å². The highest BCUT2D eigenvalue weighted by Crippen LogP contribution is 2.29. The van der Waals surface area contributed by atoms with Crippen LogP contribution in [0.2, 0.25) is 0 Å². The smallest absolute Gasteiger partial charge is 0.266 e. The van der Waals surface area contributed by atoms with E-state index in [1.54, 1.807) is 36.4 Å². The van der Waals surface area contributed by atoms with E-state index in [9.17, 15) is 27.9 Å². The zero-order chi connectivity index (χ0) is 26.2. The van der Waals surface area contributed by atoms with Crippen molar-refractivity contribution in [2.24, 2.45) is 0 Å². The Balaban J connectivity index is 1.20. The van der Waals surface area contributed by atoms with Crippen molar-refractivity contribution in [2.75, 3.05) is 37.7 Å². The molecule has 10 nitrogen and oxygen atoms in total. The van der Waals surface area contributed by atoms with Crippen LogP contribution in [0.5, 0.6) is 11.5 Å². The number of carbonyl (C=O) groups excluding carboxylic acids is 3. The van der Waals surface area contributed by atoms with Crippen molar-refractivity contribution in [1.29, 1.82) is 0 Å². The number of hydrogen-bond acceptors (Lipinski definition) is 7. The monoisotopic (exact) mass is 521 g/mol. The van der Waals surface area contributed by atoms with E-state index in [4.69, 9.17) is 4.74 Å². The zero-order valence-electron chi connectivity index (χ0n) is 19.6. The number of benzene rings is 3. The van der Waals surface area contributed by atoms with Gasteiger partial charge in [-0.3, -0.25) is 14.4 Å². The lowest BCUT2D eigenvalue weighted by Crippen LogP contribution is -2.51. The lowest BCUT2D eigenvalue weighted by atomic mass is 10.1. The number of aromatic hydroxyl groups is 1. The fraction of sp³-hybridized carbons (Fsp3) is 0.192. The third-order valence-electron chi connectivity index (χ3n) is 6.32. The van der Waals surface area contributed by atoms with Crippen molar-refractivity contribution in [3.05, 3.63) is 83.9 Å². The van der Waals surface area contributed by atoms with Crippen LogP contribution < -0.4 is 9.64 Å². The minimum atomic E-state index is -3.84. The molecule has 190 valence electrons. The number of rotatable bonds is 6. The van der Waals surface area contributed by atoms with Crippen LogP contribution in [-0.2, 0) is 14.8 Å². The number of amides is 3. The highest BCUT2D eigenvalue weighted by molar-refractivity contribution is 7.89. The first-order valence-corrected chi connectivity index (χ1v) is 13.0. The Morgan fingerprint density at radius 2 is 1.38 bits per heavy atom. The first-order chi connectivity index (χ1) is 17.8.